The average molecular weight is 354 g/mol. The molecule has 1 heterocycles. The third-order valence-electron chi connectivity index (χ3n) is 4.43. The normalized spacial score (nSPS) is 14.4. The van der Waals surface area contributed by atoms with Gasteiger partial charge in [0.25, 0.3) is 5.91 Å². The highest BCUT2D eigenvalue weighted by Crippen LogP contribution is 2.37. The van der Waals surface area contributed by atoms with E-state index in [0.717, 1.165) is 30.0 Å². The van der Waals surface area contributed by atoms with Crippen LogP contribution in [0.5, 0.6) is 11.5 Å². The number of fused-ring (bicyclic) bond motifs is 1. The number of benzene rings is 2. The molecule has 138 valence electrons. The lowest BCUT2D eigenvalue weighted by molar-refractivity contribution is 0.0953. The molecule has 0 aliphatic carbocycles. The van der Waals surface area contributed by atoms with Crippen LogP contribution < -0.4 is 20.1 Å². The predicted molar refractivity (Wildman–Crippen MR) is 102 cm³/mol. The Labute approximate surface area is 154 Å². The summed E-state index contributed by atoms with van der Waals surface area (Å²) in [5.41, 5.74) is 2.92. The summed E-state index contributed by atoms with van der Waals surface area (Å²) in [5, 5.41) is 6.28. The first-order valence-corrected chi connectivity index (χ1v) is 8.91. The van der Waals surface area contributed by atoms with Gasteiger partial charge in [0, 0.05) is 37.2 Å². The van der Waals surface area contributed by atoms with Crippen molar-refractivity contribution in [3.05, 3.63) is 59.2 Å². The molecule has 2 aromatic rings. The van der Waals surface area contributed by atoms with Crippen LogP contribution in [0.15, 0.2) is 42.5 Å². The largest absolute Gasteiger partial charge is 0.497 e. The number of nitrogens with one attached hydrogen (secondary N) is 2. The molecular weight excluding hydrogens is 328 g/mol. The number of amides is 1. The van der Waals surface area contributed by atoms with Crippen molar-refractivity contribution in [3.8, 4) is 11.5 Å². The number of hydrogen-bond acceptors (Lipinski definition) is 4. The van der Waals surface area contributed by atoms with E-state index >= 15 is 0 Å². The summed E-state index contributed by atoms with van der Waals surface area (Å²) in [7, 11) is 1.61. The summed E-state index contributed by atoms with van der Waals surface area (Å²) >= 11 is 0. The van der Waals surface area contributed by atoms with Crippen LogP contribution in [0.2, 0.25) is 0 Å². The Kier molecular flexibility index (Phi) is 5.47. The van der Waals surface area contributed by atoms with Gasteiger partial charge in [0.2, 0.25) is 0 Å². The van der Waals surface area contributed by atoms with Crippen molar-refractivity contribution in [1.29, 1.82) is 0 Å². The molecule has 1 amide bonds. The fourth-order valence-electron chi connectivity index (χ4n) is 3.15. The third kappa shape index (κ3) is 4.35. The van der Waals surface area contributed by atoms with E-state index in [2.05, 4.69) is 42.7 Å². The summed E-state index contributed by atoms with van der Waals surface area (Å²) in [6, 6.07) is 13.4. The van der Waals surface area contributed by atoms with Crippen molar-refractivity contribution in [3.63, 3.8) is 0 Å². The SMILES string of the molecule is COc1ccc(C(=O)NCCNCc2cccc3c2OC(C)(C)C3)cc1. The molecule has 0 bridgehead atoms. The van der Waals surface area contributed by atoms with Crippen molar-refractivity contribution in [2.75, 3.05) is 20.2 Å². The van der Waals surface area contributed by atoms with E-state index in [1.807, 2.05) is 0 Å². The van der Waals surface area contributed by atoms with Crippen LogP contribution in [0.4, 0.5) is 0 Å². The van der Waals surface area contributed by atoms with Crippen LogP contribution in [0, 0.1) is 0 Å². The van der Waals surface area contributed by atoms with Gasteiger partial charge in [-0.1, -0.05) is 18.2 Å². The molecule has 2 N–H and O–H groups in total. The molecule has 5 nitrogen and oxygen atoms in total. The lowest BCUT2D eigenvalue weighted by Crippen LogP contribution is -2.31. The van der Waals surface area contributed by atoms with Gasteiger partial charge >= 0.3 is 0 Å². The second-order valence-corrected chi connectivity index (χ2v) is 7.11. The topological polar surface area (TPSA) is 59.6 Å². The second kappa shape index (κ2) is 7.79. The Hall–Kier alpha value is -2.53. The van der Waals surface area contributed by atoms with Gasteiger partial charge in [-0.2, -0.15) is 0 Å². The fraction of sp³-hybridized carbons (Fsp3) is 0.381. The van der Waals surface area contributed by atoms with Crippen LogP contribution >= 0.6 is 0 Å². The van der Waals surface area contributed by atoms with Gasteiger partial charge in [-0.3, -0.25) is 4.79 Å². The van der Waals surface area contributed by atoms with Crippen molar-refractivity contribution in [2.45, 2.75) is 32.4 Å². The minimum Gasteiger partial charge on any atom is -0.497 e. The molecule has 0 unspecified atom stereocenters. The Bertz CT molecular complexity index is 769. The van der Waals surface area contributed by atoms with Crippen LogP contribution in [0.3, 0.4) is 0 Å². The monoisotopic (exact) mass is 354 g/mol. The van der Waals surface area contributed by atoms with Gasteiger partial charge < -0.3 is 20.1 Å². The second-order valence-electron chi connectivity index (χ2n) is 7.11. The fourth-order valence-corrected chi connectivity index (χ4v) is 3.15. The number of para-hydroxylation sites is 1. The third-order valence-corrected chi connectivity index (χ3v) is 4.43. The zero-order chi connectivity index (χ0) is 18.6. The van der Waals surface area contributed by atoms with E-state index in [4.69, 9.17) is 9.47 Å². The van der Waals surface area contributed by atoms with Gasteiger partial charge in [-0.25, -0.2) is 0 Å². The molecule has 26 heavy (non-hydrogen) atoms. The predicted octanol–water partition coefficient (Wildman–Crippen LogP) is 2.93. The summed E-state index contributed by atoms with van der Waals surface area (Å²) < 4.78 is 11.2. The Morgan fingerprint density at radius 1 is 1.15 bits per heavy atom. The summed E-state index contributed by atoms with van der Waals surface area (Å²) in [6.45, 7) is 6.19. The van der Waals surface area contributed by atoms with Crippen molar-refractivity contribution < 1.29 is 14.3 Å². The maximum Gasteiger partial charge on any atom is 0.251 e. The molecule has 1 aliphatic heterocycles. The number of rotatable bonds is 7. The van der Waals surface area contributed by atoms with Crippen molar-refractivity contribution in [2.24, 2.45) is 0 Å². The van der Waals surface area contributed by atoms with Crippen molar-refractivity contribution in [1.82, 2.24) is 10.6 Å². The molecular formula is C21H26N2O3. The molecule has 0 aromatic heterocycles. The Morgan fingerprint density at radius 2 is 1.92 bits per heavy atom. The first-order chi connectivity index (χ1) is 12.5. The number of hydrogen-bond donors (Lipinski definition) is 2. The van der Waals surface area contributed by atoms with Crippen LogP contribution in [-0.4, -0.2) is 31.7 Å². The van der Waals surface area contributed by atoms with E-state index < -0.39 is 0 Å². The zero-order valence-electron chi connectivity index (χ0n) is 15.6. The maximum atomic E-state index is 12.1. The Balaban J connectivity index is 1.44. The number of carbonyl (C=O) groups excluding carboxylic acids is 1. The quantitative estimate of drug-likeness (QED) is 0.751. The molecule has 0 saturated heterocycles. The highest BCUT2D eigenvalue weighted by Gasteiger charge is 2.31. The molecule has 5 heteroatoms. The lowest BCUT2D eigenvalue weighted by Gasteiger charge is -2.18. The van der Waals surface area contributed by atoms with E-state index in [9.17, 15) is 4.79 Å². The highest BCUT2D eigenvalue weighted by atomic mass is 16.5. The van der Waals surface area contributed by atoms with Gasteiger partial charge in [0.15, 0.2) is 0 Å². The summed E-state index contributed by atoms with van der Waals surface area (Å²) in [6.07, 6.45) is 0.939. The maximum absolute atomic E-state index is 12.1. The number of ether oxygens (including phenoxy) is 2. The smallest absolute Gasteiger partial charge is 0.251 e. The van der Waals surface area contributed by atoms with Gasteiger partial charge in [0.05, 0.1) is 7.11 Å². The first kappa shape index (κ1) is 18.3. The molecule has 3 rings (SSSR count). The molecule has 1 aliphatic rings. The first-order valence-electron chi connectivity index (χ1n) is 8.91. The average Bonchev–Trinajstić information content (AvgIpc) is 2.96. The summed E-state index contributed by atoms with van der Waals surface area (Å²) in [4.78, 5) is 12.1. The van der Waals surface area contributed by atoms with Gasteiger partial charge in [-0.05, 0) is 43.7 Å². The van der Waals surface area contributed by atoms with Gasteiger partial charge in [0.1, 0.15) is 17.1 Å². The van der Waals surface area contributed by atoms with Crippen LogP contribution in [0.1, 0.15) is 35.3 Å². The van der Waals surface area contributed by atoms with E-state index in [1.165, 1.54) is 5.56 Å². The molecule has 0 spiro atoms. The van der Waals surface area contributed by atoms with E-state index in [1.54, 1.807) is 31.4 Å². The van der Waals surface area contributed by atoms with Gasteiger partial charge in [-0.15, -0.1) is 0 Å². The van der Waals surface area contributed by atoms with E-state index in [0.29, 0.717) is 18.7 Å². The standard InChI is InChI=1S/C21H26N2O3/c1-21(2)13-16-5-4-6-17(19(16)26-21)14-22-11-12-23-20(24)15-7-9-18(25-3)10-8-15/h4-10,22H,11-14H2,1-3H3,(H,23,24). The molecule has 0 atom stereocenters. The number of carbonyl (C=O) groups is 1. The molecule has 0 fully saturated rings. The lowest BCUT2D eigenvalue weighted by atomic mass is 10.0. The number of methoxy groups -OCH3 is 1. The molecule has 2 aromatic carbocycles. The highest BCUT2D eigenvalue weighted by molar-refractivity contribution is 5.94. The zero-order valence-corrected chi connectivity index (χ0v) is 15.6. The van der Waals surface area contributed by atoms with E-state index in [-0.39, 0.29) is 11.5 Å². The minimum atomic E-state index is -0.134. The van der Waals surface area contributed by atoms with Crippen LogP contribution in [0.25, 0.3) is 0 Å². The molecule has 0 radical (unpaired) electrons. The molecule has 0 saturated carbocycles. The van der Waals surface area contributed by atoms with Crippen LogP contribution in [-0.2, 0) is 13.0 Å². The minimum absolute atomic E-state index is 0.0832. The summed E-state index contributed by atoms with van der Waals surface area (Å²) in [5.74, 6) is 1.66. The van der Waals surface area contributed by atoms with Crippen molar-refractivity contribution >= 4 is 5.91 Å². The Morgan fingerprint density at radius 3 is 2.65 bits per heavy atom.